The Balaban J connectivity index is 1.52. The molecule has 0 spiro atoms. The Kier molecular flexibility index (Phi) is 5.58. The van der Waals surface area contributed by atoms with E-state index in [2.05, 4.69) is 20.9 Å². The fourth-order valence-corrected chi connectivity index (χ4v) is 7.76. The number of fused-ring (bicyclic) bond motifs is 1. The summed E-state index contributed by atoms with van der Waals surface area (Å²) in [5, 5.41) is 1.76. The number of hydrogen-bond donors (Lipinski definition) is 0. The van der Waals surface area contributed by atoms with Gasteiger partial charge in [-0.1, -0.05) is 23.5 Å². The van der Waals surface area contributed by atoms with E-state index < -0.39 is 10.0 Å². The van der Waals surface area contributed by atoms with Crippen molar-refractivity contribution >= 4 is 64.8 Å². The zero-order chi connectivity index (χ0) is 19.9. The first-order valence-electron chi connectivity index (χ1n) is 8.74. The Morgan fingerprint density at radius 3 is 2.61 bits per heavy atom. The highest BCUT2D eigenvalue weighted by molar-refractivity contribution is 9.10. The van der Waals surface area contributed by atoms with Crippen LogP contribution in [0.15, 0.2) is 49.4 Å². The summed E-state index contributed by atoms with van der Waals surface area (Å²) in [6.07, 6.45) is 0.983. The standard InChI is InChI=1S/C18H18BrN3O3S3/c1-21-16-13(19)4-2-5-14(16)27-18(21)20-17(23)12-7-9-22(10-8-12)28(24,25)15-6-3-11-26-15/h2-6,11-12H,7-10H2,1H3. The zero-order valence-electron chi connectivity index (χ0n) is 15.0. The van der Waals surface area contributed by atoms with Crippen LogP contribution in [0.3, 0.4) is 0 Å². The van der Waals surface area contributed by atoms with Crippen LogP contribution in [-0.4, -0.2) is 36.3 Å². The number of carbonyl (C=O) groups is 1. The van der Waals surface area contributed by atoms with E-state index in [4.69, 9.17) is 0 Å². The normalized spacial score (nSPS) is 17.4. The molecule has 2 aromatic heterocycles. The smallest absolute Gasteiger partial charge is 0.252 e. The number of hydrogen-bond acceptors (Lipinski definition) is 5. The predicted molar refractivity (Wildman–Crippen MR) is 115 cm³/mol. The number of aryl methyl sites for hydroxylation is 1. The molecule has 1 fully saturated rings. The number of aromatic nitrogens is 1. The topological polar surface area (TPSA) is 71.7 Å². The van der Waals surface area contributed by atoms with Gasteiger partial charge in [-0.3, -0.25) is 4.79 Å². The molecule has 0 aliphatic carbocycles. The Hall–Kier alpha value is -1.33. The summed E-state index contributed by atoms with van der Waals surface area (Å²) in [5.41, 5.74) is 1.01. The van der Waals surface area contributed by atoms with Gasteiger partial charge >= 0.3 is 0 Å². The maximum Gasteiger partial charge on any atom is 0.252 e. The number of benzene rings is 1. The molecule has 1 aromatic carbocycles. The number of sulfonamides is 1. The quantitative estimate of drug-likeness (QED) is 0.552. The van der Waals surface area contributed by atoms with Crippen LogP contribution >= 0.6 is 38.6 Å². The van der Waals surface area contributed by atoms with Crippen LogP contribution in [0.1, 0.15) is 12.8 Å². The summed E-state index contributed by atoms with van der Waals surface area (Å²) in [5.74, 6) is -0.421. The third kappa shape index (κ3) is 3.63. The second-order valence-electron chi connectivity index (χ2n) is 6.59. The SMILES string of the molecule is Cn1c(=NC(=O)C2CCN(S(=O)(=O)c3cccs3)CC2)sc2cccc(Br)c21. The number of nitrogens with zero attached hydrogens (tertiary/aromatic N) is 3. The molecule has 0 radical (unpaired) electrons. The minimum atomic E-state index is -3.45. The van der Waals surface area contributed by atoms with Gasteiger partial charge in [0.15, 0.2) is 4.80 Å². The van der Waals surface area contributed by atoms with E-state index in [1.54, 1.807) is 17.5 Å². The highest BCUT2D eigenvalue weighted by Crippen LogP contribution is 2.27. The molecule has 0 N–H and O–H groups in total. The van der Waals surface area contributed by atoms with Gasteiger partial charge in [0.1, 0.15) is 4.21 Å². The number of para-hydroxylation sites is 1. The molecule has 1 aliphatic heterocycles. The number of amides is 1. The summed E-state index contributed by atoms with van der Waals surface area (Å²) in [4.78, 5) is 17.7. The Bertz CT molecular complexity index is 1190. The lowest BCUT2D eigenvalue weighted by atomic mass is 9.98. The minimum absolute atomic E-state index is 0.175. The van der Waals surface area contributed by atoms with E-state index in [-0.39, 0.29) is 11.8 Å². The van der Waals surface area contributed by atoms with E-state index >= 15 is 0 Å². The molecular weight excluding hydrogens is 482 g/mol. The van der Waals surface area contributed by atoms with Gasteiger partial charge in [-0.25, -0.2) is 8.42 Å². The number of rotatable bonds is 3. The lowest BCUT2D eigenvalue weighted by molar-refractivity contribution is -0.122. The van der Waals surface area contributed by atoms with E-state index in [0.717, 1.165) is 14.7 Å². The maximum absolute atomic E-state index is 12.7. The van der Waals surface area contributed by atoms with Crippen molar-refractivity contribution in [1.82, 2.24) is 8.87 Å². The van der Waals surface area contributed by atoms with Crippen molar-refractivity contribution < 1.29 is 13.2 Å². The lowest BCUT2D eigenvalue weighted by Gasteiger charge is -2.29. The Labute approximate surface area is 179 Å². The number of halogens is 1. The van der Waals surface area contributed by atoms with Crippen LogP contribution in [0.25, 0.3) is 10.2 Å². The van der Waals surface area contributed by atoms with E-state index in [9.17, 15) is 13.2 Å². The van der Waals surface area contributed by atoms with Crippen LogP contribution < -0.4 is 4.80 Å². The molecule has 0 bridgehead atoms. The van der Waals surface area contributed by atoms with Gasteiger partial charge in [0, 0.05) is 30.5 Å². The summed E-state index contributed by atoms with van der Waals surface area (Å²) in [6, 6.07) is 9.27. The second kappa shape index (κ2) is 7.83. The summed E-state index contributed by atoms with van der Waals surface area (Å²) >= 11 is 6.23. The van der Waals surface area contributed by atoms with Crippen molar-refractivity contribution in [3.05, 3.63) is 45.0 Å². The van der Waals surface area contributed by atoms with Gasteiger partial charge in [-0.05, 0) is 52.4 Å². The van der Waals surface area contributed by atoms with E-state index in [1.165, 1.54) is 27.0 Å². The van der Waals surface area contributed by atoms with Crippen LogP contribution in [-0.2, 0) is 21.9 Å². The van der Waals surface area contributed by atoms with Crippen molar-refractivity contribution in [2.24, 2.45) is 18.0 Å². The minimum Gasteiger partial charge on any atom is -0.318 e. The molecule has 4 rings (SSSR count). The Morgan fingerprint density at radius 1 is 1.21 bits per heavy atom. The van der Waals surface area contributed by atoms with Crippen molar-refractivity contribution in [1.29, 1.82) is 0 Å². The molecule has 3 heterocycles. The monoisotopic (exact) mass is 499 g/mol. The largest absolute Gasteiger partial charge is 0.318 e. The first-order chi connectivity index (χ1) is 13.4. The fraction of sp³-hybridized carbons (Fsp3) is 0.333. The fourth-order valence-electron chi connectivity index (χ4n) is 3.33. The lowest BCUT2D eigenvalue weighted by Crippen LogP contribution is -2.40. The summed E-state index contributed by atoms with van der Waals surface area (Å²) in [7, 11) is -1.56. The highest BCUT2D eigenvalue weighted by Gasteiger charge is 2.32. The summed E-state index contributed by atoms with van der Waals surface area (Å²) < 4.78 is 31.0. The van der Waals surface area contributed by atoms with E-state index in [1.807, 2.05) is 29.8 Å². The number of thiophene rings is 1. The molecule has 1 saturated heterocycles. The first-order valence-corrected chi connectivity index (χ1v) is 12.7. The van der Waals surface area contributed by atoms with Gasteiger partial charge in [0.25, 0.3) is 15.9 Å². The van der Waals surface area contributed by atoms with Crippen LogP contribution in [0, 0.1) is 5.92 Å². The van der Waals surface area contributed by atoms with Crippen LogP contribution in [0.4, 0.5) is 0 Å². The second-order valence-corrected chi connectivity index (χ2v) is 11.6. The Morgan fingerprint density at radius 2 is 1.96 bits per heavy atom. The highest BCUT2D eigenvalue weighted by atomic mass is 79.9. The van der Waals surface area contributed by atoms with Gasteiger partial charge in [0.05, 0.1) is 10.2 Å². The molecular formula is C18H18BrN3O3S3. The van der Waals surface area contributed by atoms with Gasteiger partial charge < -0.3 is 4.57 Å². The van der Waals surface area contributed by atoms with Crippen molar-refractivity contribution in [2.75, 3.05) is 13.1 Å². The van der Waals surface area contributed by atoms with Crippen molar-refractivity contribution in [2.45, 2.75) is 17.1 Å². The third-order valence-electron chi connectivity index (χ3n) is 4.87. The molecule has 3 aromatic rings. The van der Waals surface area contributed by atoms with Crippen molar-refractivity contribution in [3.63, 3.8) is 0 Å². The number of thiazole rings is 1. The molecule has 0 saturated carbocycles. The van der Waals surface area contributed by atoms with Gasteiger partial charge in [0.2, 0.25) is 0 Å². The zero-order valence-corrected chi connectivity index (χ0v) is 19.1. The average molecular weight is 500 g/mol. The van der Waals surface area contributed by atoms with Crippen LogP contribution in [0.5, 0.6) is 0 Å². The molecule has 6 nitrogen and oxygen atoms in total. The molecule has 28 heavy (non-hydrogen) atoms. The molecule has 0 atom stereocenters. The van der Waals surface area contributed by atoms with Crippen LogP contribution in [0.2, 0.25) is 0 Å². The van der Waals surface area contributed by atoms with E-state index in [0.29, 0.717) is 34.9 Å². The molecule has 10 heteroatoms. The molecule has 1 amide bonds. The molecule has 148 valence electrons. The van der Waals surface area contributed by atoms with Crippen molar-refractivity contribution in [3.8, 4) is 0 Å². The molecule has 0 unspecified atom stereocenters. The molecule has 1 aliphatic rings. The number of carbonyl (C=O) groups excluding carboxylic acids is 1. The maximum atomic E-state index is 12.7. The average Bonchev–Trinajstić information content (AvgIpc) is 3.32. The first kappa shape index (κ1) is 20.0. The summed E-state index contributed by atoms with van der Waals surface area (Å²) in [6.45, 7) is 0.687. The third-order valence-corrected chi connectivity index (χ3v) is 9.88. The number of piperidine rings is 1. The van der Waals surface area contributed by atoms with Gasteiger partial charge in [-0.15, -0.1) is 11.3 Å². The van der Waals surface area contributed by atoms with Gasteiger partial charge in [-0.2, -0.15) is 9.30 Å². The predicted octanol–water partition coefficient (Wildman–Crippen LogP) is 3.59.